The minimum absolute atomic E-state index is 0.696. The van der Waals surface area contributed by atoms with Crippen molar-refractivity contribution < 1.29 is 0 Å². The first-order chi connectivity index (χ1) is 8.86. The molecule has 2 saturated heterocycles. The SMILES string of the molecule is CCCc1ccccc1NC1CCN2CCC1C2. The number of nitrogens with zero attached hydrogens (tertiary/aromatic N) is 1. The van der Waals surface area contributed by atoms with Crippen LogP contribution in [0.25, 0.3) is 0 Å². The van der Waals surface area contributed by atoms with E-state index in [4.69, 9.17) is 0 Å². The molecule has 2 nitrogen and oxygen atoms in total. The summed E-state index contributed by atoms with van der Waals surface area (Å²) < 4.78 is 0. The van der Waals surface area contributed by atoms with Gasteiger partial charge in [0.2, 0.25) is 0 Å². The minimum Gasteiger partial charge on any atom is -0.382 e. The number of piperidine rings is 1. The predicted molar refractivity (Wildman–Crippen MR) is 77.0 cm³/mol. The molecule has 2 aliphatic rings. The number of rotatable bonds is 4. The van der Waals surface area contributed by atoms with E-state index in [9.17, 15) is 0 Å². The summed E-state index contributed by atoms with van der Waals surface area (Å²) in [5.74, 6) is 0.869. The van der Waals surface area contributed by atoms with Crippen molar-refractivity contribution in [2.24, 2.45) is 5.92 Å². The van der Waals surface area contributed by atoms with Crippen LogP contribution in [0, 0.1) is 5.92 Å². The zero-order valence-corrected chi connectivity index (χ0v) is 11.4. The Hall–Kier alpha value is -1.02. The van der Waals surface area contributed by atoms with Crippen molar-refractivity contribution >= 4 is 5.69 Å². The van der Waals surface area contributed by atoms with Crippen molar-refractivity contribution in [1.29, 1.82) is 0 Å². The van der Waals surface area contributed by atoms with E-state index >= 15 is 0 Å². The van der Waals surface area contributed by atoms with E-state index in [0.29, 0.717) is 6.04 Å². The van der Waals surface area contributed by atoms with Crippen LogP contribution in [0.15, 0.2) is 24.3 Å². The highest BCUT2D eigenvalue weighted by Crippen LogP contribution is 2.30. The molecule has 0 amide bonds. The average Bonchev–Trinajstić information content (AvgIpc) is 2.78. The highest BCUT2D eigenvalue weighted by Gasteiger charge is 2.34. The Bertz CT molecular complexity index is 402. The Morgan fingerprint density at radius 2 is 2.06 bits per heavy atom. The Labute approximate surface area is 110 Å². The van der Waals surface area contributed by atoms with E-state index < -0.39 is 0 Å². The van der Waals surface area contributed by atoms with Crippen molar-refractivity contribution in [3.05, 3.63) is 29.8 Å². The molecule has 2 fully saturated rings. The van der Waals surface area contributed by atoms with Gasteiger partial charge in [-0.15, -0.1) is 0 Å². The molecular weight excluding hydrogens is 220 g/mol. The van der Waals surface area contributed by atoms with Crippen LogP contribution in [0.4, 0.5) is 5.69 Å². The molecule has 1 aromatic carbocycles. The number of anilines is 1. The van der Waals surface area contributed by atoms with Crippen LogP contribution >= 0.6 is 0 Å². The Balaban J connectivity index is 1.72. The highest BCUT2D eigenvalue weighted by molar-refractivity contribution is 5.52. The molecule has 3 atom stereocenters. The molecule has 98 valence electrons. The van der Waals surface area contributed by atoms with Gasteiger partial charge >= 0.3 is 0 Å². The molecule has 3 unspecified atom stereocenters. The molecule has 18 heavy (non-hydrogen) atoms. The second kappa shape index (κ2) is 5.31. The normalized spacial score (nSPS) is 30.4. The quantitative estimate of drug-likeness (QED) is 0.875. The Morgan fingerprint density at radius 1 is 1.22 bits per heavy atom. The molecule has 3 rings (SSSR count). The van der Waals surface area contributed by atoms with Gasteiger partial charge in [-0.05, 0) is 43.4 Å². The van der Waals surface area contributed by atoms with E-state index in [0.717, 1.165) is 5.92 Å². The zero-order chi connectivity index (χ0) is 12.4. The van der Waals surface area contributed by atoms with Gasteiger partial charge in [-0.1, -0.05) is 31.5 Å². The Morgan fingerprint density at radius 3 is 2.94 bits per heavy atom. The summed E-state index contributed by atoms with van der Waals surface area (Å²) in [6, 6.07) is 9.54. The van der Waals surface area contributed by atoms with Crippen molar-refractivity contribution in [2.45, 2.75) is 38.6 Å². The first kappa shape index (κ1) is 12.0. The van der Waals surface area contributed by atoms with E-state index in [1.54, 1.807) is 0 Å². The molecule has 0 aliphatic carbocycles. The molecule has 2 bridgehead atoms. The molecule has 1 aromatic rings. The lowest BCUT2D eigenvalue weighted by Crippen LogP contribution is -2.39. The minimum atomic E-state index is 0.696. The van der Waals surface area contributed by atoms with Crippen LogP contribution < -0.4 is 5.32 Å². The third-order valence-corrected chi connectivity index (χ3v) is 4.51. The monoisotopic (exact) mass is 244 g/mol. The number of hydrogen-bond acceptors (Lipinski definition) is 2. The number of nitrogens with one attached hydrogen (secondary N) is 1. The highest BCUT2D eigenvalue weighted by atomic mass is 15.2. The van der Waals surface area contributed by atoms with Gasteiger partial charge in [0.1, 0.15) is 0 Å². The van der Waals surface area contributed by atoms with Crippen molar-refractivity contribution in [2.75, 3.05) is 25.0 Å². The summed E-state index contributed by atoms with van der Waals surface area (Å²) in [5, 5.41) is 3.84. The molecule has 2 aliphatic heterocycles. The van der Waals surface area contributed by atoms with Gasteiger partial charge in [0, 0.05) is 24.8 Å². The van der Waals surface area contributed by atoms with Crippen molar-refractivity contribution in [1.82, 2.24) is 4.90 Å². The first-order valence-corrected chi connectivity index (χ1v) is 7.43. The maximum atomic E-state index is 3.84. The van der Waals surface area contributed by atoms with E-state index in [1.165, 1.54) is 56.6 Å². The number of hydrogen-bond donors (Lipinski definition) is 1. The summed E-state index contributed by atoms with van der Waals surface area (Å²) in [4.78, 5) is 2.61. The third-order valence-electron chi connectivity index (χ3n) is 4.51. The fourth-order valence-corrected chi connectivity index (χ4v) is 3.49. The fourth-order valence-electron chi connectivity index (χ4n) is 3.49. The molecule has 0 aromatic heterocycles. The molecular formula is C16H24N2. The van der Waals surface area contributed by atoms with Gasteiger partial charge in [0.05, 0.1) is 0 Å². The molecule has 0 saturated carbocycles. The van der Waals surface area contributed by atoms with Crippen LogP contribution in [0.3, 0.4) is 0 Å². The summed E-state index contributed by atoms with van der Waals surface area (Å²) in [6.45, 7) is 6.17. The van der Waals surface area contributed by atoms with E-state index in [2.05, 4.69) is 41.4 Å². The number of fused-ring (bicyclic) bond motifs is 2. The number of benzene rings is 1. The molecule has 2 heterocycles. The number of para-hydroxylation sites is 1. The van der Waals surface area contributed by atoms with Gasteiger partial charge in [-0.3, -0.25) is 0 Å². The standard InChI is InChI=1S/C16H24N2/c1-2-5-13-6-3-4-7-15(13)17-16-9-11-18-10-8-14(16)12-18/h3-4,6-7,14,16-17H,2,5,8-12H2,1H3. The van der Waals surface area contributed by atoms with Crippen molar-refractivity contribution in [3.63, 3.8) is 0 Å². The lowest BCUT2D eigenvalue weighted by Gasteiger charge is -2.32. The molecule has 2 heteroatoms. The fraction of sp³-hybridized carbons (Fsp3) is 0.625. The van der Waals surface area contributed by atoms with Gasteiger partial charge in [-0.25, -0.2) is 0 Å². The summed E-state index contributed by atoms with van der Waals surface area (Å²) in [6.07, 6.45) is 5.10. The van der Waals surface area contributed by atoms with Crippen LogP contribution in [-0.2, 0) is 6.42 Å². The average molecular weight is 244 g/mol. The topological polar surface area (TPSA) is 15.3 Å². The second-order valence-corrected chi connectivity index (χ2v) is 5.80. The smallest absolute Gasteiger partial charge is 0.0374 e. The van der Waals surface area contributed by atoms with Crippen molar-refractivity contribution in [3.8, 4) is 0 Å². The molecule has 1 N–H and O–H groups in total. The zero-order valence-electron chi connectivity index (χ0n) is 11.4. The lowest BCUT2D eigenvalue weighted by molar-refractivity contribution is 0.255. The van der Waals surface area contributed by atoms with Crippen LogP contribution in [-0.4, -0.2) is 30.6 Å². The van der Waals surface area contributed by atoms with Gasteiger partial charge in [0.15, 0.2) is 0 Å². The second-order valence-electron chi connectivity index (χ2n) is 5.80. The van der Waals surface area contributed by atoms with Crippen LogP contribution in [0.5, 0.6) is 0 Å². The van der Waals surface area contributed by atoms with Gasteiger partial charge < -0.3 is 10.2 Å². The maximum Gasteiger partial charge on any atom is 0.0374 e. The van der Waals surface area contributed by atoms with Gasteiger partial charge in [-0.2, -0.15) is 0 Å². The van der Waals surface area contributed by atoms with E-state index in [-0.39, 0.29) is 0 Å². The third kappa shape index (κ3) is 2.39. The maximum absolute atomic E-state index is 3.84. The molecule has 0 radical (unpaired) electrons. The Kier molecular flexibility index (Phi) is 3.55. The van der Waals surface area contributed by atoms with E-state index in [1.807, 2.05) is 0 Å². The van der Waals surface area contributed by atoms with Gasteiger partial charge in [0.25, 0.3) is 0 Å². The largest absolute Gasteiger partial charge is 0.382 e. The van der Waals surface area contributed by atoms with Crippen LogP contribution in [0.2, 0.25) is 0 Å². The summed E-state index contributed by atoms with van der Waals surface area (Å²) in [7, 11) is 0. The summed E-state index contributed by atoms with van der Waals surface area (Å²) >= 11 is 0. The van der Waals surface area contributed by atoms with Crippen LogP contribution in [0.1, 0.15) is 31.7 Å². The predicted octanol–water partition coefficient (Wildman–Crippen LogP) is 3.15. The number of aryl methyl sites for hydroxylation is 1. The first-order valence-electron chi connectivity index (χ1n) is 7.43. The summed E-state index contributed by atoms with van der Waals surface area (Å²) in [5.41, 5.74) is 2.87. The molecule has 0 spiro atoms. The lowest BCUT2D eigenvalue weighted by atomic mass is 9.93.